The van der Waals surface area contributed by atoms with Gasteiger partial charge in [0.05, 0.1) is 6.61 Å². The predicted molar refractivity (Wildman–Crippen MR) is 233 cm³/mol. The molecule has 1 atom stereocenters. The molecule has 0 aromatic rings. The first-order chi connectivity index (χ1) is 26.6. The summed E-state index contributed by atoms with van der Waals surface area (Å²) in [5, 5.41) is 9.59. The smallest absolute Gasteiger partial charge is 0.306 e. The third kappa shape index (κ3) is 42.3. The Bertz CT molecular complexity index is 946. The van der Waals surface area contributed by atoms with Gasteiger partial charge in [0.2, 0.25) is 0 Å². The van der Waals surface area contributed by atoms with Crippen molar-refractivity contribution in [3.05, 3.63) is 60.8 Å². The molecule has 0 radical (unpaired) electrons. The van der Waals surface area contributed by atoms with E-state index in [4.69, 9.17) is 9.47 Å². The van der Waals surface area contributed by atoms with Crippen molar-refractivity contribution in [1.29, 1.82) is 0 Å². The van der Waals surface area contributed by atoms with Crippen molar-refractivity contribution in [2.24, 2.45) is 0 Å². The molecule has 1 N–H and O–H groups in total. The molecule has 0 heterocycles. The maximum absolute atomic E-state index is 12.2. The molecule has 1 unspecified atom stereocenters. The molecule has 0 saturated carbocycles. The molecule has 0 amide bonds. The van der Waals surface area contributed by atoms with E-state index in [1.54, 1.807) is 0 Å². The van der Waals surface area contributed by atoms with Crippen molar-refractivity contribution >= 4 is 11.9 Å². The van der Waals surface area contributed by atoms with Gasteiger partial charge in [0, 0.05) is 12.8 Å². The Morgan fingerprint density at radius 1 is 0.444 bits per heavy atom. The SMILES string of the molecule is CC/C=C\C/C=C\C/C=C\C/C=C\CCCCCCCCC(=O)OC(CO)COC(=O)CCCCCCCCCCC/C=C\CCCCCCCCCC. The molecule has 0 bridgehead atoms. The summed E-state index contributed by atoms with van der Waals surface area (Å²) in [6.45, 7) is 4.02. The molecule has 5 nitrogen and oxygen atoms in total. The molecule has 0 spiro atoms. The molecule has 5 heteroatoms. The lowest BCUT2D eigenvalue weighted by Crippen LogP contribution is -2.28. The van der Waals surface area contributed by atoms with Crippen LogP contribution in [0, 0.1) is 0 Å². The molecule has 0 saturated heterocycles. The van der Waals surface area contributed by atoms with Crippen molar-refractivity contribution in [1.82, 2.24) is 0 Å². The maximum Gasteiger partial charge on any atom is 0.306 e. The van der Waals surface area contributed by atoms with E-state index in [1.165, 1.54) is 122 Å². The standard InChI is InChI=1S/C49H86O5/c1-3-5-7-9-11-13-15-17-19-21-23-24-26-27-29-31-33-35-37-39-41-43-48(51)53-46-47(45-50)54-49(52)44-42-40-38-36-34-32-30-28-25-22-20-18-16-14-12-10-8-6-4-2/h6,8,12,14,18,20-21,23,25,28,47,50H,3-5,7,9-11,13,15-17,19,22,24,26-27,29-46H2,1-2H3/b8-6-,14-12-,20-18-,23-21-,28-25-. The minimum Gasteiger partial charge on any atom is -0.462 e. The normalized spacial score (nSPS) is 12.7. The molecule has 0 aromatic carbocycles. The molecular formula is C49H86O5. The summed E-state index contributed by atoms with van der Waals surface area (Å²) in [4.78, 5) is 24.4. The van der Waals surface area contributed by atoms with Gasteiger partial charge in [-0.1, -0.05) is 190 Å². The van der Waals surface area contributed by atoms with Crippen LogP contribution in [-0.2, 0) is 19.1 Å². The van der Waals surface area contributed by atoms with Crippen LogP contribution in [0.5, 0.6) is 0 Å². The highest BCUT2D eigenvalue weighted by molar-refractivity contribution is 5.70. The molecule has 0 aromatic heterocycles. The Hall–Kier alpha value is -2.40. The van der Waals surface area contributed by atoms with E-state index >= 15 is 0 Å². The highest BCUT2D eigenvalue weighted by Gasteiger charge is 2.16. The monoisotopic (exact) mass is 755 g/mol. The van der Waals surface area contributed by atoms with Gasteiger partial charge in [-0.3, -0.25) is 9.59 Å². The van der Waals surface area contributed by atoms with E-state index in [0.717, 1.165) is 70.6 Å². The van der Waals surface area contributed by atoms with Crippen molar-refractivity contribution < 1.29 is 24.2 Å². The van der Waals surface area contributed by atoms with E-state index in [9.17, 15) is 14.7 Å². The van der Waals surface area contributed by atoms with Gasteiger partial charge in [0.25, 0.3) is 0 Å². The zero-order chi connectivity index (χ0) is 39.3. The number of aliphatic hydroxyl groups excluding tert-OH is 1. The van der Waals surface area contributed by atoms with Crippen LogP contribution in [0.15, 0.2) is 60.8 Å². The summed E-state index contributed by atoms with van der Waals surface area (Å²) in [7, 11) is 0. The highest BCUT2D eigenvalue weighted by atomic mass is 16.6. The van der Waals surface area contributed by atoms with Crippen LogP contribution in [-0.4, -0.2) is 36.4 Å². The number of carbonyl (C=O) groups is 2. The lowest BCUT2D eigenvalue weighted by Gasteiger charge is -2.15. The van der Waals surface area contributed by atoms with Gasteiger partial charge in [-0.25, -0.2) is 0 Å². The van der Waals surface area contributed by atoms with Crippen LogP contribution in [0.2, 0.25) is 0 Å². The largest absolute Gasteiger partial charge is 0.462 e. The Balaban J connectivity index is 3.55. The van der Waals surface area contributed by atoms with Crippen molar-refractivity contribution in [2.75, 3.05) is 13.2 Å². The van der Waals surface area contributed by atoms with Crippen molar-refractivity contribution in [3.8, 4) is 0 Å². The number of ether oxygens (including phenoxy) is 2. The Morgan fingerprint density at radius 3 is 1.22 bits per heavy atom. The van der Waals surface area contributed by atoms with Crippen LogP contribution in [0.3, 0.4) is 0 Å². The molecule has 0 aliphatic rings. The number of hydrogen-bond acceptors (Lipinski definition) is 5. The molecule has 54 heavy (non-hydrogen) atoms. The van der Waals surface area contributed by atoms with E-state index in [1.807, 2.05) is 0 Å². The Kier molecular flexibility index (Phi) is 43.0. The molecule has 0 aliphatic heterocycles. The highest BCUT2D eigenvalue weighted by Crippen LogP contribution is 2.14. The number of esters is 2. The summed E-state index contributed by atoms with van der Waals surface area (Å²) in [6.07, 6.45) is 58.6. The number of hydrogen-bond donors (Lipinski definition) is 1. The minimum absolute atomic E-state index is 0.0740. The Morgan fingerprint density at radius 2 is 0.796 bits per heavy atom. The van der Waals surface area contributed by atoms with Gasteiger partial charge in [-0.2, -0.15) is 0 Å². The predicted octanol–water partition coefficient (Wildman–Crippen LogP) is 14.7. The fourth-order valence-corrected chi connectivity index (χ4v) is 6.36. The van der Waals surface area contributed by atoms with Crippen LogP contribution in [0.25, 0.3) is 0 Å². The van der Waals surface area contributed by atoms with Gasteiger partial charge in [0.1, 0.15) is 6.61 Å². The number of rotatable bonds is 41. The third-order valence-electron chi connectivity index (χ3n) is 9.80. The van der Waals surface area contributed by atoms with Gasteiger partial charge < -0.3 is 14.6 Å². The van der Waals surface area contributed by atoms with Crippen LogP contribution >= 0.6 is 0 Å². The number of carbonyl (C=O) groups excluding carboxylic acids is 2. The molecule has 0 fully saturated rings. The first kappa shape index (κ1) is 51.6. The van der Waals surface area contributed by atoms with E-state index in [-0.39, 0.29) is 25.2 Å². The second-order valence-corrected chi connectivity index (χ2v) is 15.1. The van der Waals surface area contributed by atoms with Crippen LogP contribution in [0.4, 0.5) is 0 Å². The fourth-order valence-electron chi connectivity index (χ4n) is 6.36. The van der Waals surface area contributed by atoms with E-state index in [2.05, 4.69) is 74.6 Å². The first-order valence-electron chi connectivity index (χ1n) is 22.8. The first-order valence-corrected chi connectivity index (χ1v) is 22.8. The Labute approximate surface area is 334 Å². The second-order valence-electron chi connectivity index (χ2n) is 15.1. The minimum atomic E-state index is -0.782. The molecular weight excluding hydrogens is 669 g/mol. The van der Waals surface area contributed by atoms with E-state index < -0.39 is 6.10 Å². The molecule has 0 aliphatic carbocycles. The summed E-state index contributed by atoms with van der Waals surface area (Å²) < 4.78 is 10.6. The maximum atomic E-state index is 12.2. The fraction of sp³-hybridized carbons (Fsp3) is 0.755. The quantitative estimate of drug-likeness (QED) is 0.0382. The third-order valence-corrected chi connectivity index (χ3v) is 9.80. The zero-order valence-electron chi connectivity index (χ0n) is 35.5. The summed E-state index contributed by atoms with van der Waals surface area (Å²) in [5.74, 6) is -0.607. The average Bonchev–Trinajstić information content (AvgIpc) is 3.17. The zero-order valence-corrected chi connectivity index (χ0v) is 35.5. The van der Waals surface area contributed by atoms with Gasteiger partial charge in [-0.15, -0.1) is 0 Å². The lowest BCUT2D eigenvalue weighted by atomic mass is 10.1. The molecule has 0 rings (SSSR count). The topological polar surface area (TPSA) is 72.8 Å². The summed E-state index contributed by atoms with van der Waals surface area (Å²) >= 11 is 0. The van der Waals surface area contributed by atoms with E-state index in [0.29, 0.717) is 12.8 Å². The lowest BCUT2D eigenvalue weighted by molar-refractivity contribution is -0.161. The number of unbranched alkanes of at least 4 members (excludes halogenated alkanes) is 23. The second kappa shape index (κ2) is 45.0. The van der Waals surface area contributed by atoms with Crippen molar-refractivity contribution in [3.63, 3.8) is 0 Å². The average molecular weight is 755 g/mol. The number of aliphatic hydroxyl groups is 1. The summed E-state index contributed by atoms with van der Waals surface area (Å²) in [5.41, 5.74) is 0. The van der Waals surface area contributed by atoms with Crippen molar-refractivity contribution in [2.45, 2.75) is 225 Å². The van der Waals surface area contributed by atoms with Crippen LogP contribution < -0.4 is 0 Å². The number of allylic oxidation sites excluding steroid dienone is 10. The van der Waals surface area contributed by atoms with Gasteiger partial charge >= 0.3 is 11.9 Å². The van der Waals surface area contributed by atoms with Gasteiger partial charge in [-0.05, 0) is 77.0 Å². The summed E-state index contributed by atoms with van der Waals surface area (Å²) in [6, 6.07) is 0. The van der Waals surface area contributed by atoms with Crippen LogP contribution in [0.1, 0.15) is 219 Å². The van der Waals surface area contributed by atoms with Gasteiger partial charge in [0.15, 0.2) is 6.10 Å². The molecule has 312 valence electrons.